The van der Waals surface area contributed by atoms with Crippen molar-refractivity contribution in [2.75, 3.05) is 5.73 Å². The average molecular weight is 241 g/mol. The van der Waals surface area contributed by atoms with E-state index in [1.165, 1.54) is 11.1 Å². The second-order valence-corrected chi connectivity index (χ2v) is 4.69. The number of ether oxygens (including phenoxy) is 1. The molecule has 0 atom stereocenters. The Morgan fingerprint density at radius 1 is 0.944 bits per heavy atom. The van der Waals surface area contributed by atoms with Crippen molar-refractivity contribution in [1.29, 1.82) is 0 Å². The van der Waals surface area contributed by atoms with Gasteiger partial charge < -0.3 is 10.5 Å². The van der Waals surface area contributed by atoms with Crippen molar-refractivity contribution in [3.63, 3.8) is 0 Å². The lowest BCUT2D eigenvalue weighted by molar-refractivity contribution is 0.303. The van der Waals surface area contributed by atoms with Gasteiger partial charge in [-0.3, -0.25) is 0 Å². The fourth-order valence-corrected chi connectivity index (χ4v) is 1.93. The summed E-state index contributed by atoms with van der Waals surface area (Å²) in [5.74, 6) is 0.862. The van der Waals surface area contributed by atoms with Crippen LogP contribution in [0, 0.1) is 20.8 Å². The van der Waals surface area contributed by atoms with Crippen LogP contribution in [0.25, 0.3) is 0 Å². The molecule has 0 amide bonds. The molecule has 94 valence electrons. The van der Waals surface area contributed by atoms with Crippen LogP contribution in [0.15, 0.2) is 36.4 Å². The first-order chi connectivity index (χ1) is 8.58. The SMILES string of the molecule is Cc1cc(C)c(OCc2ccccc2C)cc1N. The Morgan fingerprint density at radius 3 is 2.39 bits per heavy atom. The maximum absolute atomic E-state index is 5.91. The molecule has 2 aromatic carbocycles. The maximum Gasteiger partial charge on any atom is 0.124 e. The maximum atomic E-state index is 5.91. The summed E-state index contributed by atoms with van der Waals surface area (Å²) in [7, 11) is 0. The molecule has 0 aliphatic rings. The van der Waals surface area contributed by atoms with Crippen molar-refractivity contribution in [2.45, 2.75) is 27.4 Å². The molecule has 0 unspecified atom stereocenters. The van der Waals surface area contributed by atoms with Crippen LogP contribution in [-0.2, 0) is 6.61 Å². The minimum atomic E-state index is 0.579. The molecule has 0 saturated carbocycles. The third-order valence-corrected chi connectivity index (χ3v) is 3.21. The van der Waals surface area contributed by atoms with E-state index in [9.17, 15) is 0 Å². The number of benzene rings is 2. The van der Waals surface area contributed by atoms with E-state index < -0.39 is 0 Å². The van der Waals surface area contributed by atoms with Crippen LogP contribution in [-0.4, -0.2) is 0 Å². The molecular weight excluding hydrogens is 222 g/mol. The molecule has 0 fully saturated rings. The van der Waals surface area contributed by atoms with Gasteiger partial charge in [-0.25, -0.2) is 0 Å². The summed E-state index contributed by atoms with van der Waals surface area (Å²) in [4.78, 5) is 0. The number of hydrogen-bond donors (Lipinski definition) is 1. The van der Waals surface area contributed by atoms with E-state index >= 15 is 0 Å². The minimum Gasteiger partial charge on any atom is -0.489 e. The highest BCUT2D eigenvalue weighted by Crippen LogP contribution is 2.25. The number of nitrogen functional groups attached to an aromatic ring is 1. The quantitative estimate of drug-likeness (QED) is 0.830. The van der Waals surface area contributed by atoms with E-state index in [4.69, 9.17) is 10.5 Å². The van der Waals surface area contributed by atoms with Gasteiger partial charge in [-0.2, -0.15) is 0 Å². The molecule has 0 spiro atoms. The predicted octanol–water partition coefficient (Wildman–Crippen LogP) is 3.77. The standard InChI is InChI=1S/C16H19NO/c1-11-6-4-5-7-14(11)10-18-16-9-15(17)12(2)8-13(16)3/h4-9H,10,17H2,1-3H3. The van der Waals surface area contributed by atoms with Crippen molar-refractivity contribution in [1.82, 2.24) is 0 Å². The van der Waals surface area contributed by atoms with Crippen LogP contribution in [0.1, 0.15) is 22.3 Å². The fraction of sp³-hybridized carbons (Fsp3) is 0.250. The smallest absolute Gasteiger partial charge is 0.124 e. The Kier molecular flexibility index (Phi) is 3.56. The average Bonchev–Trinajstić information content (AvgIpc) is 2.34. The topological polar surface area (TPSA) is 35.2 Å². The molecule has 2 rings (SSSR count). The molecular formula is C16H19NO. The van der Waals surface area contributed by atoms with Crippen molar-refractivity contribution < 1.29 is 4.74 Å². The van der Waals surface area contributed by atoms with Gasteiger partial charge in [0.1, 0.15) is 12.4 Å². The highest BCUT2D eigenvalue weighted by atomic mass is 16.5. The molecule has 0 saturated heterocycles. The third-order valence-electron chi connectivity index (χ3n) is 3.21. The lowest BCUT2D eigenvalue weighted by Gasteiger charge is -2.12. The lowest BCUT2D eigenvalue weighted by Crippen LogP contribution is -2.00. The zero-order valence-electron chi connectivity index (χ0n) is 11.2. The van der Waals surface area contributed by atoms with Gasteiger partial charge in [0.15, 0.2) is 0 Å². The summed E-state index contributed by atoms with van der Waals surface area (Å²) in [5, 5.41) is 0. The van der Waals surface area contributed by atoms with Crippen molar-refractivity contribution in [3.8, 4) is 5.75 Å². The summed E-state index contributed by atoms with van der Waals surface area (Å²) < 4.78 is 5.86. The van der Waals surface area contributed by atoms with E-state index in [0.29, 0.717) is 6.61 Å². The van der Waals surface area contributed by atoms with Gasteiger partial charge >= 0.3 is 0 Å². The first-order valence-electron chi connectivity index (χ1n) is 6.12. The van der Waals surface area contributed by atoms with Crippen LogP contribution in [0.5, 0.6) is 5.75 Å². The van der Waals surface area contributed by atoms with E-state index in [0.717, 1.165) is 22.6 Å². The van der Waals surface area contributed by atoms with Gasteiger partial charge in [0.2, 0.25) is 0 Å². The van der Waals surface area contributed by atoms with Crippen molar-refractivity contribution >= 4 is 5.69 Å². The predicted molar refractivity (Wildman–Crippen MR) is 75.8 cm³/mol. The molecule has 0 radical (unpaired) electrons. The van der Waals surface area contributed by atoms with Crippen LogP contribution in [0.3, 0.4) is 0 Å². The minimum absolute atomic E-state index is 0.579. The van der Waals surface area contributed by atoms with Crippen molar-refractivity contribution in [3.05, 3.63) is 58.7 Å². The van der Waals surface area contributed by atoms with Gasteiger partial charge in [0, 0.05) is 11.8 Å². The van der Waals surface area contributed by atoms with E-state index in [-0.39, 0.29) is 0 Å². The largest absolute Gasteiger partial charge is 0.489 e. The molecule has 0 heterocycles. The zero-order chi connectivity index (χ0) is 13.1. The number of aryl methyl sites for hydroxylation is 3. The fourth-order valence-electron chi connectivity index (χ4n) is 1.93. The van der Waals surface area contributed by atoms with Gasteiger partial charge in [0.25, 0.3) is 0 Å². The molecule has 0 bridgehead atoms. The molecule has 0 aliphatic carbocycles. The second kappa shape index (κ2) is 5.13. The van der Waals surface area contributed by atoms with Crippen LogP contribution in [0.2, 0.25) is 0 Å². The lowest BCUT2D eigenvalue weighted by atomic mass is 10.1. The Bertz CT molecular complexity index is 561. The van der Waals surface area contributed by atoms with E-state index in [2.05, 4.69) is 25.1 Å². The summed E-state index contributed by atoms with van der Waals surface area (Å²) in [5.41, 5.74) is 11.4. The molecule has 2 heteroatoms. The third kappa shape index (κ3) is 2.65. The summed E-state index contributed by atoms with van der Waals surface area (Å²) >= 11 is 0. The summed E-state index contributed by atoms with van der Waals surface area (Å²) in [6.07, 6.45) is 0. The Hall–Kier alpha value is -1.96. The Morgan fingerprint density at radius 2 is 1.67 bits per heavy atom. The van der Waals surface area contributed by atoms with Crippen LogP contribution < -0.4 is 10.5 Å². The number of anilines is 1. The molecule has 2 N–H and O–H groups in total. The number of nitrogens with two attached hydrogens (primary N) is 1. The van der Waals surface area contributed by atoms with Crippen molar-refractivity contribution in [2.24, 2.45) is 0 Å². The molecule has 18 heavy (non-hydrogen) atoms. The van der Waals surface area contributed by atoms with Gasteiger partial charge in [-0.05, 0) is 43.0 Å². The van der Waals surface area contributed by atoms with E-state index in [1.54, 1.807) is 0 Å². The summed E-state index contributed by atoms with van der Waals surface area (Å²) in [6, 6.07) is 12.2. The monoisotopic (exact) mass is 241 g/mol. The summed E-state index contributed by atoms with van der Waals surface area (Å²) in [6.45, 7) is 6.72. The highest BCUT2D eigenvalue weighted by Gasteiger charge is 2.04. The number of rotatable bonds is 3. The highest BCUT2D eigenvalue weighted by molar-refractivity contribution is 5.54. The van der Waals surface area contributed by atoms with Crippen LogP contribution >= 0.6 is 0 Å². The first-order valence-corrected chi connectivity index (χ1v) is 6.12. The normalized spacial score (nSPS) is 10.4. The van der Waals surface area contributed by atoms with Crippen LogP contribution in [0.4, 0.5) is 5.69 Å². The second-order valence-electron chi connectivity index (χ2n) is 4.69. The Balaban J connectivity index is 2.16. The van der Waals surface area contributed by atoms with Gasteiger partial charge in [-0.15, -0.1) is 0 Å². The number of hydrogen-bond acceptors (Lipinski definition) is 2. The Labute approximate surface area is 108 Å². The van der Waals surface area contributed by atoms with E-state index in [1.807, 2.05) is 32.0 Å². The molecule has 0 aliphatic heterocycles. The first kappa shape index (κ1) is 12.5. The zero-order valence-corrected chi connectivity index (χ0v) is 11.2. The molecule has 2 nitrogen and oxygen atoms in total. The molecule has 0 aromatic heterocycles. The van der Waals surface area contributed by atoms with Gasteiger partial charge in [0.05, 0.1) is 0 Å². The van der Waals surface area contributed by atoms with Gasteiger partial charge in [-0.1, -0.05) is 30.3 Å². The molecule has 2 aromatic rings.